The Morgan fingerprint density at radius 1 is 1.05 bits per heavy atom. The molecule has 21 heavy (non-hydrogen) atoms. The summed E-state index contributed by atoms with van der Waals surface area (Å²) in [4.78, 5) is 4.31. The Balaban J connectivity index is 2.03. The number of aromatic nitrogens is 2. The van der Waals surface area contributed by atoms with Gasteiger partial charge in [-0.25, -0.2) is 4.39 Å². The van der Waals surface area contributed by atoms with Crippen molar-refractivity contribution in [2.75, 3.05) is 5.73 Å². The van der Waals surface area contributed by atoms with E-state index in [2.05, 4.69) is 42.0 Å². The Morgan fingerprint density at radius 2 is 1.81 bits per heavy atom. The summed E-state index contributed by atoms with van der Waals surface area (Å²) in [5, 5.41) is 3.91. The summed E-state index contributed by atoms with van der Waals surface area (Å²) in [7, 11) is 0. The van der Waals surface area contributed by atoms with Crippen molar-refractivity contribution in [3.05, 3.63) is 51.2 Å². The minimum atomic E-state index is -0.341. The second-order valence-electron chi connectivity index (χ2n) is 4.28. The molecule has 4 nitrogen and oxygen atoms in total. The Kier molecular flexibility index (Phi) is 3.77. The largest absolute Gasteiger partial charge is 0.398 e. The summed E-state index contributed by atoms with van der Waals surface area (Å²) in [6.07, 6.45) is 0. The molecule has 0 atom stereocenters. The number of nitrogens with zero attached hydrogens (tertiary/aromatic N) is 2. The molecule has 0 saturated heterocycles. The lowest BCUT2D eigenvalue weighted by atomic mass is 10.2. The van der Waals surface area contributed by atoms with Crippen molar-refractivity contribution < 1.29 is 8.91 Å². The first-order valence-electron chi connectivity index (χ1n) is 5.89. The average Bonchev–Trinajstić information content (AvgIpc) is 2.87. The second-order valence-corrected chi connectivity index (χ2v) is 6.05. The lowest BCUT2D eigenvalue weighted by molar-refractivity contribution is 0.432. The van der Waals surface area contributed by atoms with Gasteiger partial charge in [0.05, 0.1) is 5.56 Å². The normalized spacial score (nSPS) is 10.8. The molecule has 0 fully saturated rings. The molecular weight excluding hydrogens is 405 g/mol. The molecule has 0 unspecified atom stereocenters. The van der Waals surface area contributed by atoms with Crippen LogP contribution in [-0.2, 0) is 0 Å². The van der Waals surface area contributed by atoms with E-state index in [1.165, 1.54) is 12.1 Å². The molecule has 7 heteroatoms. The van der Waals surface area contributed by atoms with Crippen molar-refractivity contribution in [2.45, 2.75) is 0 Å². The van der Waals surface area contributed by atoms with E-state index >= 15 is 0 Å². The standard InChI is InChI=1S/C14H8Br2FN3O/c15-7-1-3-10(12(18)5-7)14-19-13(20-21-14)9-4-2-8(17)6-11(9)16/h1-6H,18H2. The van der Waals surface area contributed by atoms with Crippen LogP contribution in [0.25, 0.3) is 22.8 Å². The van der Waals surface area contributed by atoms with Gasteiger partial charge in [0.1, 0.15) is 5.82 Å². The van der Waals surface area contributed by atoms with Gasteiger partial charge in [0.25, 0.3) is 5.89 Å². The van der Waals surface area contributed by atoms with Gasteiger partial charge < -0.3 is 10.3 Å². The van der Waals surface area contributed by atoms with Crippen molar-refractivity contribution in [3.8, 4) is 22.8 Å². The first-order valence-corrected chi connectivity index (χ1v) is 7.48. The van der Waals surface area contributed by atoms with E-state index in [1.807, 2.05) is 6.07 Å². The molecule has 0 amide bonds. The zero-order valence-corrected chi connectivity index (χ0v) is 13.7. The number of hydrogen-bond donors (Lipinski definition) is 1. The maximum absolute atomic E-state index is 13.1. The fraction of sp³-hybridized carbons (Fsp3) is 0. The molecule has 3 aromatic rings. The zero-order chi connectivity index (χ0) is 15.0. The highest BCUT2D eigenvalue weighted by atomic mass is 79.9. The van der Waals surface area contributed by atoms with Crippen LogP contribution in [0.2, 0.25) is 0 Å². The summed E-state index contributed by atoms with van der Waals surface area (Å²) in [6, 6.07) is 9.65. The molecule has 2 N–H and O–H groups in total. The molecular formula is C14H8Br2FN3O. The molecule has 1 aromatic heterocycles. The first-order chi connectivity index (χ1) is 10.0. The van der Waals surface area contributed by atoms with E-state index in [0.717, 1.165) is 4.47 Å². The molecule has 0 saturated carbocycles. The number of hydrogen-bond acceptors (Lipinski definition) is 4. The van der Waals surface area contributed by atoms with Crippen molar-refractivity contribution in [3.63, 3.8) is 0 Å². The van der Waals surface area contributed by atoms with Crippen molar-refractivity contribution in [2.24, 2.45) is 0 Å². The average molecular weight is 413 g/mol. The zero-order valence-electron chi connectivity index (χ0n) is 10.5. The van der Waals surface area contributed by atoms with Gasteiger partial charge in [0.15, 0.2) is 0 Å². The van der Waals surface area contributed by atoms with Gasteiger partial charge in [0.2, 0.25) is 5.82 Å². The first kappa shape index (κ1) is 14.2. The predicted molar refractivity (Wildman–Crippen MR) is 84.9 cm³/mol. The third-order valence-electron chi connectivity index (χ3n) is 2.84. The van der Waals surface area contributed by atoms with Gasteiger partial charge in [-0.1, -0.05) is 21.1 Å². The van der Waals surface area contributed by atoms with Gasteiger partial charge in [-0.15, -0.1) is 0 Å². The Bertz CT molecular complexity index is 754. The van der Waals surface area contributed by atoms with Crippen LogP contribution < -0.4 is 5.73 Å². The molecule has 0 aliphatic heterocycles. The highest BCUT2D eigenvalue weighted by Crippen LogP contribution is 2.31. The number of nitrogens with two attached hydrogens (primary N) is 1. The maximum Gasteiger partial charge on any atom is 0.260 e. The minimum Gasteiger partial charge on any atom is -0.398 e. The van der Waals surface area contributed by atoms with Crippen LogP contribution in [0.1, 0.15) is 0 Å². The van der Waals surface area contributed by atoms with E-state index in [4.69, 9.17) is 10.3 Å². The van der Waals surface area contributed by atoms with Gasteiger partial charge >= 0.3 is 0 Å². The summed E-state index contributed by atoms with van der Waals surface area (Å²) < 4.78 is 19.8. The Morgan fingerprint density at radius 3 is 2.52 bits per heavy atom. The molecule has 106 valence electrons. The van der Waals surface area contributed by atoms with Gasteiger partial charge in [-0.3, -0.25) is 0 Å². The lowest BCUT2D eigenvalue weighted by Crippen LogP contribution is -1.90. The summed E-state index contributed by atoms with van der Waals surface area (Å²) >= 11 is 6.62. The summed E-state index contributed by atoms with van der Waals surface area (Å²) in [5.74, 6) is 0.330. The Labute approximate surface area is 136 Å². The van der Waals surface area contributed by atoms with Crippen LogP contribution in [0, 0.1) is 5.82 Å². The SMILES string of the molecule is Nc1cc(Br)ccc1-c1nc(-c2ccc(F)cc2Br)no1. The Hall–Kier alpha value is -1.73. The summed E-state index contributed by atoms with van der Waals surface area (Å²) in [5.41, 5.74) is 7.75. The highest BCUT2D eigenvalue weighted by molar-refractivity contribution is 9.10. The number of benzene rings is 2. The number of nitrogen functional groups attached to an aromatic ring is 1. The molecule has 0 aliphatic rings. The molecule has 0 aliphatic carbocycles. The third-order valence-corrected chi connectivity index (χ3v) is 3.99. The molecule has 0 spiro atoms. The van der Waals surface area contributed by atoms with Crippen LogP contribution in [0.5, 0.6) is 0 Å². The third kappa shape index (κ3) is 2.84. The fourth-order valence-electron chi connectivity index (χ4n) is 1.84. The van der Waals surface area contributed by atoms with Crippen LogP contribution in [0.4, 0.5) is 10.1 Å². The smallest absolute Gasteiger partial charge is 0.260 e. The number of halogens is 3. The second kappa shape index (κ2) is 5.57. The lowest BCUT2D eigenvalue weighted by Gasteiger charge is -2.00. The quantitative estimate of drug-likeness (QED) is 0.622. The fourth-order valence-corrected chi connectivity index (χ4v) is 2.75. The van der Waals surface area contributed by atoms with Crippen molar-refractivity contribution in [1.29, 1.82) is 0 Å². The molecule has 3 rings (SSSR count). The molecule has 0 radical (unpaired) electrons. The van der Waals surface area contributed by atoms with Gasteiger partial charge in [0, 0.05) is 20.2 Å². The minimum absolute atomic E-state index is 0.311. The number of anilines is 1. The van der Waals surface area contributed by atoms with E-state index < -0.39 is 0 Å². The van der Waals surface area contributed by atoms with Gasteiger partial charge in [-0.2, -0.15) is 4.98 Å². The number of rotatable bonds is 2. The van der Waals surface area contributed by atoms with Crippen LogP contribution in [-0.4, -0.2) is 10.1 Å². The van der Waals surface area contributed by atoms with E-state index in [9.17, 15) is 4.39 Å². The molecule has 2 aromatic carbocycles. The van der Waals surface area contributed by atoms with Crippen LogP contribution in [0.15, 0.2) is 49.9 Å². The van der Waals surface area contributed by atoms with Crippen molar-refractivity contribution >= 4 is 37.5 Å². The van der Waals surface area contributed by atoms with Gasteiger partial charge in [-0.05, 0) is 52.3 Å². The molecule has 0 bridgehead atoms. The monoisotopic (exact) mass is 411 g/mol. The highest BCUT2D eigenvalue weighted by Gasteiger charge is 2.15. The van der Waals surface area contributed by atoms with E-state index in [-0.39, 0.29) is 5.82 Å². The topological polar surface area (TPSA) is 64.9 Å². The maximum atomic E-state index is 13.1. The van der Waals surface area contributed by atoms with Crippen molar-refractivity contribution in [1.82, 2.24) is 10.1 Å². The van der Waals surface area contributed by atoms with E-state index in [0.29, 0.717) is 33.0 Å². The van der Waals surface area contributed by atoms with Crippen LogP contribution >= 0.6 is 31.9 Å². The molecule has 1 heterocycles. The summed E-state index contributed by atoms with van der Waals surface area (Å²) in [6.45, 7) is 0. The van der Waals surface area contributed by atoms with Crippen LogP contribution in [0.3, 0.4) is 0 Å². The van der Waals surface area contributed by atoms with E-state index in [1.54, 1.807) is 18.2 Å². The predicted octanol–water partition coefficient (Wildman–Crippen LogP) is 4.65.